The van der Waals surface area contributed by atoms with Gasteiger partial charge in [0.25, 0.3) is 0 Å². The molecule has 1 saturated heterocycles. The number of piperazine rings is 1. The highest BCUT2D eigenvalue weighted by Crippen LogP contribution is 2.33. The average Bonchev–Trinajstić information content (AvgIpc) is 2.60. The van der Waals surface area contributed by atoms with E-state index in [1.165, 1.54) is 0 Å². The van der Waals surface area contributed by atoms with Crippen molar-refractivity contribution in [2.24, 2.45) is 0 Å². The molecule has 3 rings (SSSR count). The normalized spacial score (nSPS) is 19.7. The van der Waals surface area contributed by atoms with Crippen LogP contribution in [0.5, 0.6) is 11.5 Å². The summed E-state index contributed by atoms with van der Waals surface area (Å²) in [5.74, 6) is 1.12. The molecule has 2 aliphatic heterocycles. The zero-order valence-corrected chi connectivity index (χ0v) is 14.3. The van der Waals surface area contributed by atoms with E-state index in [-0.39, 0.29) is 4.90 Å². The molecule has 0 aromatic heterocycles. The highest BCUT2D eigenvalue weighted by atomic mass is 32.2. The second-order valence-corrected chi connectivity index (χ2v) is 7.84. The van der Waals surface area contributed by atoms with Gasteiger partial charge >= 0.3 is 0 Å². The van der Waals surface area contributed by atoms with Crippen molar-refractivity contribution in [1.29, 1.82) is 0 Å². The molecule has 0 N–H and O–H groups in total. The van der Waals surface area contributed by atoms with Gasteiger partial charge in [0.1, 0.15) is 13.2 Å². The van der Waals surface area contributed by atoms with Crippen LogP contribution >= 0.6 is 0 Å². The summed E-state index contributed by atoms with van der Waals surface area (Å²) in [5.41, 5.74) is 0. The summed E-state index contributed by atoms with van der Waals surface area (Å²) in [7, 11) is -3.47. The van der Waals surface area contributed by atoms with Gasteiger partial charge in [0.15, 0.2) is 11.5 Å². The quantitative estimate of drug-likeness (QED) is 0.814. The maximum absolute atomic E-state index is 12.8. The Bertz CT molecular complexity index is 639. The summed E-state index contributed by atoms with van der Waals surface area (Å²) < 4.78 is 38.1. The fourth-order valence-electron chi connectivity index (χ4n) is 2.91. The van der Waals surface area contributed by atoms with Gasteiger partial charge < -0.3 is 14.4 Å². The largest absolute Gasteiger partial charge is 0.486 e. The van der Waals surface area contributed by atoms with Crippen LogP contribution in [0.15, 0.2) is 23.1 Å². The average molecular weight is 340 g/mol. The van der Waals surface area contributed by atoms with Crippen LogP contribution in [-0.4, -0.2) is 63.6 Å². The molecule has 0 saturated carbocycles. The van der Waals surface area contributed by atoms with Crippen molar-refractivity contribution in [3.8, 4) is 11.5 Å². The zero-order chi connectivity index (χ0) is 16.3. The summed E-state index contributed by atoms with van der Waals surface area (Å²) in [5, 5.41) is 0. The van der Waals surface area contributed by atoms with Gasteiger partial charge in [0.2, 0.25) is 10.0 Å². The van der Waals surface area contributed by atoms with Crippen LogP contribution in [0.25, 0.3) is 0 Å². The minimum Gasteiger partial charge on any atom is -0.486 e. The molecule has 2 aliphatic rings. The van der Waals surface area contributed by atoms with Gasteiger partial charge in [-0.25, -0.2) is 8.42 Å². The van der Waals surface area contributed by atoms with E-state index in [1.807, 2.05) is 0 Å². The first kappa shape index (κ1) is 16.5. The molecule has 1 aromatic carbocycles. The Balaban J connectivity index is 1.70. The summed E-state index contributed by atoms with van der Waals surface area (Å²) in [4.78, 5) is 2.61. The van der Waals surface area contributed by atoms with Gasteiger partial charge in [-0.3, -0.25) is 0 Å². The van der Waals surface area contributed by atoms with Crippen molar-refractivity contribution in [1.82, 2.24) is 9.21 Å². The van der Waals surface area contributed by atoms with Gasteiger partial charge in [0.05, 0.1) is 4.90 Å². The van der Waals surface area contributed by atoms with Gasteiger partial charge in [-0.15, -0.1) is 0 Å². The van der Waals surface area contributed by atoms with E-state index in [9.17, 15) is 8.42 Å². The van der Waals surface area contributed by atoms with Crippen molar-refractivity contribution >= 4 is 10.0 Å². The maximum Gasteiger partial charge on any atom is 0.243 e. The number of rotatable bonds is 5. The molecule has 0 bridgehead atoms. The Morgan fingerprint density at radius 2 is 1.74 bits per heavy atom. The molecule has 6 nitrogen and oxygen atoms in total. The topological polar surface area (TPSA) is 59.1 Å². The third-order valence-electron chi connectivity index (χ3n) is 4.31. The lowest BCUT2D eigenvalue weighted by molar-refractivity contribution is 0.170. The standard InChI is InChI=1S/C16H24N2O4S/c1-2-3-6-17-7-9-18(10-8-17)23(19,20)14-4-5-15-16(13-14)22-12-11-21-15/h4-5,13H,2-3,6-12H2,1H3. The van der Waals surface area contributed by atoms with Gasteiger partial charge in [0, 0.05) is 32.2 Å². The smallest absolute Gasteiger partial charge is 0.243 e. The van der Waals surface area contributed by atoms with E-state index < -0.39 is 10.0 Å². The molecule has 1 fully saturated rings. The van der Waals surface area contributed by atoms with E-state index >= 15 is 0 Å². The second kappa shape index (κ2) is 7.07. The molecule has 0 aliphatic carbocycles. The first-order chi connectivity index (χ1) is 11.1. The minimum absolute atomic E-state index is 0.281. The van der Waals surface area contributed by atoms with Gasteiger partial charge in [-0.1, -0.05) is 13.3 Å². The van der Waals surface area contributed by atoms with E-state index in [0.717, 1.165) is 32.5 Å². The predicted molar refractivity (Wildman–Crippen MR) is 87.5 cm³/mol. The lowest BCUT2D eigenvalue weighted by atomic mass is 10.3. The lowest BCUT2D eigenvalue weighted by Crippen LogP contribution is -2.48. The Hall–Kier alpha value is -1.31. The molecule has 7 heteroatoms. The lowest BCUT2D eigenvalue weighted by Gasteiger charge is -2.34. The molecule has 0 radical (unpaired) electrons. The number of unbranched alkanes of at least 4 members (excludes halogenated alkanes) is 1. The van der Waals surface area contributed by atoms with Crippen LogP contribution in [-0.2, 0) is 10.0 Å². The fraction of sp³-hybridized carbons (Fsp3) is 0.625. The van der Waals surface area contributed by atoms with Crippen LogP contribution in [0.2, 0.25) is 0 Å². The highest BCUT2D eigenvalue weighted by molar-refractivity contribution is 7.89. The first-order valence-corrected chi connectivity index (χ1v) is 9.67. The maximum atomic E-state index is 12.8. The molecular formula is C16H24N2O4S. The summed E-state index contributed by atoms with van der Waals surface area (Å²) in [6.07, 6.45) is 2.32. The number of ether oxygens (including phenoxy) is 2. The van der Waals surface area contributed by atoms with E-state index in [2.05, 4.69) is 11.8 Å². The van der Waals surface area contributed by atoms with Gasteiger partial charge in [-0.05, 0) is 25.1 Å². The summed E-state index contributed by atoms with van der Waals surface area (Å²) >= 11 is 0. The Kier molecular flexibility index (Phi) is 5.08. The molecule has 1 aromatic rings. The fourth-order valence-corrected chi connectivity index (χ4v) is 4.35. The number of hydrogen-bond donors (Lipinski definition) is 0. The molecule has 0 amide bonds. The van der Waals surface area contributed by atoms with Crippen molar-refractivity contribution in [2.75, 3.05) is 45.9 Å². The molecule has 2 heterocycles. The highest BCUT2D eigenvalue weighted by Gasteiger charge is 2.29. The Labute approximate surface area is 138 Å². The molecule has 0 atom stereocenters. The monoisotopic (exact) mass is 340 g/mol. The van der Waals surface area contributed by atoms with E-state index in [1.54, 1.807) is 22.5 Å². The molecule has 0 unspecified atom stereocenters. The molecule has 0 spiro atoms. The zero-order valence-electron chi connectivity index (χ0n) is 13.5. The van der Waals surface area contributed by atoms with Crippen molar-refractivity contribution in [2.45, 2.75) is 24.7 Å². The first-order valence-electron chi connectivity index (χ1n) is 8.23. The summed E-state index contributed by atoms with van der Waals surface area (Å²) in [6.45, 7) is 6.84. The van der Waals surface area contributed by atoms with Crippen LogP contribution in [0.4, 0.5) is 0 Å². The number of fused-ring (bicyclic) bond motifs is 1. The van der Waals surface area contributed by atoms with Crippen molar-refractivity contribution in [3.05, 3.63) is 18.2 Å². The van der Waals surface area contributed by atoms with Gasteiger partial charge in [-0.2, -0.15) is 4.31 Å². The minimum atomic E-state index is -3.47. The van der Waals surface area contributed by atoms with Crippen LogP contribution in [0.3, 0.4) is 0 Å². The third-order valence-corrected chi connectivity index (χ3v) is 6.21. The summed E-state index contributed by atoms with van der Waals surface area (Å²) in [6, 6.07) is 4.86. The van der Waals surface area contributed by atoms with Crippen molar-refractivity contribution < 1.29 is 17.9 Å². The second-order valence-electron chi connectivity index (χ2n) is 5.90. The van der Waals surface area contributed by atoms with Crippen LogP contribution in [0.1, 0.15) is 19.8 Å². The predicted octanol–water partition coefficient (Wildman–Crippen LogP) is 1.56. The van der Waals surface area contributed by atoms with E-state index in [0.29, 0.717) is 37.8 Å². The SMILES string of the molecule is CCCCN1CCN(S(=O)(=O)c2ccc3c(c2)OCCO3)CC1. The number of sulfonamides is 1. The van der Waals surface area contributed by atoms with Crippen molar-refractivity contribution in [3.63, 3.8) is 0 Å². The molecule has 23 heavy (non-hydrogen) atoms. The van der Waals surface area contributed by atoms with E-state index in [4.69, 9.17) is 9.47 Å². The molecular weight excluding hydrogens is 316 g/mol. The number of benzene rings is 1. The third kappa shape index (κ3) is 3.62. The molecule has 128 valence electrons. The Morgan fingerprint density at radius 1 is 1.04 bits per heavy atom. The number of hydrogen-bond acceptors (Lipinski definition) is 5. The Morgan fingerprint density at radius 3 is 2.43 bits per heavy atom. The van der Waals surface area contributed by atoms with Crippen LogP contribution in [0, 0.1) is 0 Å². The number of nitrogens with zero attached hydrogens (tertiary/aromatic N) is 2. The van der Waals surface area contributed by atoms with Crippen LogP contribution < -0.4 is 9.47 Å².